The Morgan fingerprint density at radius 2 is 1.34 bits per heavy atom. The SMILES string of the molecule is Cc1cccc(NC(=O)C2C(=O)CC(C)(O)C(C(=O)Nc3cccc(C)c3C)C2c2ccc(Br)cc2)c1C. The largest absolute Gasteiger partial charge is 0.389 e. The van der Waals surface area contributed by atoms with E-state index in [1.54, 1.807) is 18.2 Å². The number of ketones is 1. The third kappa shape index (κ3) is 5.45. The van der Waals surface area contributed by atoms with Gasteiger partial charge in [0, 0.05) is 28.2 Å². The van der Waals surface area contributed by atoms with E-state index in [4.69, 9.17) is 0 Å². The molecule has 0 radical (unpaired) electrons. The molecule has 0 heterocycles. The Kier molecular flexibility index (Phi) is 7.90. The molecule has 0 bridgehead atoms. The van der Waals surface area contributed by atoms with Crippen LogP contribution in [0.5, 0.6) is 0 Å². The number of anilines is 2. The van der Waals surface area contributed by atoms with Crippen molar-refractivity contribution in [1.82, 2.24) is 0 Å². The van der Waals surface area contributed by atoms with Crippen molar-refractivity contribution in [3.05, 3.63) is 93.0 Å². The van der Waals surface area contributed by atoms with E-state index < -0.39 is 41.0 Å². The lowest BCUT2D eigenvalue weighted by Crippen LogP contribution is -2.56. The Morgan fingerprint density at radius 1 is 0.842 bits per heavy atom. The number of hydrogen-bond donors (Lipinski definition) is 3. The van der Waals surface area contributed by atoms with Crippen molar-refractivity contribution in [2.24, 2.45) is 11.8 Å². The van der Waals surface area contributed by atoms with E-state index in [-0.39, 0.29) is 6.42 Å². The van der Waals surface area contributed by atoms with Crippen LogP contribution in [0.4, 0.5) is 11.4 Å². The molecule has 38 heavy (non-hydrogen) atoms. The maximum absolute atomic E-state index is 13.9. The highest BCUT2D eigenvalue weighted by atomic mass is 79.9. The summed E-state index contributed by atoms with van der Waals surface area (Å²) in [4.78, 5) is 41.2. The van der Waals surface area contributed by atoms with Crippen LogP contribution in [0.15, 0.2) is 65.1 Å². The summed E-state index contributed by atoms with van der Waals surface area (Å²) in [5.41, 5.74) is 4.06. The van der Waals surface area contributed by atoms with Crippen molar-refractivity contribution < 1.29 is 19.5 Å². The predicted octanol–water partition coefficient (Wildman–Crippen LogP) is 6.00. The fourth-order valence-corrected chi connectivity index (χ4v) is 5.64. The maximum Gasteiger partial charge on any atom is 0.235 e. The fourth-order valence-electron chi connectivity index (χ4n) is 5.37. The quantitative estimate of drug-likeness (QED) is 0.324. The van der Waals surface area contributed by atoms with Crippen LogP contribution in [0.2, 0.25) is 0 Å². The van der Waals surface area contributed by atoms with Crippen molar-refractivity contribution >= 4 is 44.9 Å². The van der Waals surface area contributed by atoms with Crippen molar-refractivity contribution in [2.45, 2.75) is 52.6 Å². The first-order valence-corrected chi connectivity index (χ1v) is 13.4. The topological polar surface area (TPSA) is 95.5 Å². The molecule has 3 aromatic rings. The van der Waals surface area contributed by atoms with Crippen LogP contribution < -0.4 is 10.6 Å². The Balaban J connectivity index is 1.79. The smallest absolute Gasteiger partial charge is 0.235 e. The standard InChI is InChI=1S/C31H33BrN2O4/c1-17-8-6-10-23(19(17)3)33-29(36)27-25(35)16-31(5,38)28(26(27)21-12-14-22(32)15-13-21)30(37)34-24-11-7-9-18(2)20(24)4/h6-15,26-28,38H,16H2,1-5H3,(H,33,36)(H,34,37). The second kappa shape index (κ2) is 10.8. The van der Waals surface area contributed by atoms with E-state index in [0.29, 0.717) is 16.9 Å². The zero-order chi connectivity index (χ0) is 27.8. The molecule has 198 valence electrons. The Morgan fingerprint density at radius 3 is 1.87 bits per heavy atom. The number of aliphatic hydroxyl groups is 1. The number of rotatable bonds is 5. The van der Waals surface area contributed by atoms with E-state index >= 15 is 0 Å². The molecular weight excluding hydrogens is 544 g/mol. The molecule has 4 unspecified atom stereocenters. The van der Waals surface area contributed by atoms with Gasteiger partial charge in [-0.15, -0.1) is 0 Å². The molecule has 0 saturated heterocycles. The lowest BCUT2D eigenvalue weighted by Gasteiger charge is -2.44. The minimum atomic E-state index is -1.66. The van der Waals surface area contributed by atoms with Gasteiger partial charge in [0.25, 0.3) is 0 Å². The molecule has 7 heteroatoms. The van der Waals surface area contributed by atoms with Gasteiger partial charge in [0.05, 0.1) is 11.5 Å². The summed E-state index contributed by atoms with van der Waals surface area (Å²) in [5, 5.41) is 17.4. The van der Waals surface area contributed by atoms with Gasteiger partial charge in [0.1, 0.15) is 11.7 Å². The van der Waals surface area contributed by atoms with Crippen molar-refractivity contribution in [1.29, 1.82) is 0 Å². The number of carbonyl (C=O) groups is 3. The van der Waals surface area contributed by atoms with E-state index in [0.717, 1.165) is 26.7 Å². The third-order valence-corrected chi connectivity index (χ3v) is 8.34. The molecule has 1 aliphatic rings. The Labute approximate surface area is 232 Å². The molecule has 3 N–H and O–H groups in total. The van der Waals surface area contributed by atoms with Gasteiger partial charge in [-0.05, 0) is 86.7 Å². The minimum absolute atomic E-state index is 0.310. The van der Waals surface area contributed by atoms with Crippen LogP contribution in [0.3, 0.4) is 0 Å². The fraction of sp³-hybridized carbons (Fsp3) is 0.323. The molecule has 1 saturated carbocycles. The lowest BCUT2D eigenvalue weighted by molar-refractivity contribution is -0.150. The molecule has 1 fully saturated rings. The van der Waals surface area contributed by atoms with Crippen LogP contribution in [0.25, 0.3) is 0 Å². The van der Waals surface area contributed by atoms with Gasteiger partial charge in [0.2, 0.25) is 11.8 Å². The summed E-state index contributed by atoms with van der Waals surface area (Å²) < 4.78 is 0.822. The number of nitrogens with one attached hydrogen (secondary N) is 2. The third-order valence-electron chi connectivity index (χ3n) is 7.81. The number of amides is 2. The van der Waals surface area contributed by atoms with Gasteiger partial charge in [0.15, 0.2) is 0 Å². The Hall–Kier alpha value is -3.29. The van der Waals surface area contributed by atoms with Gasteiger partial charge in [-0.2, -0.15) is 0 Å². The summed E-state index contributed by atoms with van der Waals surface area (Å²) in [6.07, 6.45) is -0.310. The highest BCUT2D eigenvalue weighted by molar-refractivity contribution is 9.10. The summed E-state index contributed by atoms with van der Waals surface area (Å²) in [5.74, 6) is -4.43. The number of halogens is 1. The van der Waals surface area contributed by atoms with Crippen LogP contribution in [0.1, 0.15) is 47.1 Å². The molecule has 4 atom stereocenters. The number of benzene rings is 3. The van der Waals surface area contributed by atoms with Crippen LogP contribution in [-0.2, 0) is 14.4 Å². The monoisotopic (exact) mass is 576 g/mol. The minimum Gasteiger partial charge on any atom is -0.389 e. The van der Waals surface area contributed by atoms with Gasteiger partial charge in [-0.3, -0.25) is 14.4 Å². The van der Waals surface area contributed by atoms with E-state index in [2.05, 4.69) is 26.6 Å². The van der Waals surface area contributed by atoms with Gasteiger partial charge >= 0.3 is 0 Å². The van der Waals surface area contributed by atoms with E-state index in [9.17, 15) is 19.5 Å². The van der Waals surface area contributed by atoms with Crippen LogP contribution in [0, 0.1) is 39.5 Å². The van der Waals surface area contributed by atoms with E-state index in [1.165, 1.54) is 6.92 Å². The van der Waals surface area contributed by atoms with Gasteiger partial charge in [-0.25, -0.2) is 0 Å². The number of carbonyl (C=O) groups excluding carboxylic acids is 3. The first kappa shape index (κ1) is 27.7. The predicted molar refractivity (Wildman–Crippen MR) is 153 cm³/mol. The first-order valence-electron chi connectivity index (χ1n) is 12.7. The van der Waals surface area contributed by atoms with Gasteiger partial charge < -0.3 is 15.7 Å². The highest BCUT2D eigenvalue weighted by Gasteiger charge is 2.56. The van der Waals surface area contributed by atoms with Crippen molar-refractivity contribution in [3.8, 4) is 0 Å². The lowest BCUT2D eigenvalue weighted by atomic mass is 9.61. The maximum atomic E-state index is 13.9. The average molecular weight is 578 g/mol. The van der Waals surface area contributed by atoms with Crippen LogP contribution in [-0.4, -0.2) is 28.3 Å². The van der Waals surface area contributed by atoms with Crippen molar-refractivity contribution in [3.63, 3.8) is 0 Å². The molecule has 2 amide bonds. The molecule has 4 rings (SSSR count). The number of aryl methyl sites for hydroxylation is 2. The van der Waals surface area contributed by atoms with Crippen molar-refractivity contribution in [2.75, 3.05) is 10.6 Å². The number of Topliss-reactive ketones (excluding diaryl/α,β-unsaturated/α-hetero) is 1. The summed E-state index contributed by atoms with van der Waals surface area (Å²) >= 11 is 3.43. The zero-order valence-corrected chi connectivity index (χ0v) is 23.8. The summed E-state index contributed by atoms with van der Waals surface area (Å²) in [6, 6.07) is 18.4. The average Bonchev–Trinajstić information content (AvgIpc) is 2.84. The highest BCUT2D eigenvalue weighted by Crippen LogP contribution is 2.47. The summed E-state index contributed by atoms with van der Waals surface area (Å²) in [6.45, 7) is 9.24. The Bertz CT molecular complexity index is 1400. The molecule has 0 aromatic heterocycles. The molecular formula is C31H33BrN2O4. The second-order valence-corrected chi connectivity index (χ2v) is 11.4. The molecule has 3 aromatic carbocycles. The first-order chi connectivity index (χ1) is 17.9. The molecule has 0 spiro atoms. The van der Waals surface area contributed by atoms with E-state index in [1.807, 2.05) is 70.2 Å². The molecule has 0 aliphatic heterocycles. The number of hydrogen-bond acceptors (Lipinski definition) is 4. The zero-order valence-electron chi connectivity index (χ0n) is 22.3. The molecule has 1 aliphatic carbocycles. The van der Waals surface area contributed by atoms with Gasteiger partial charge in [-0.1, -0.05) is 52.3 Å². The normalized spacial score (nSPS) is 23.1. The summed E-state index contributed by atoms with van der Waals surface area (Å²) in [7, 11) is 0. The van der Waals surface area contributed by atoms with Crippen LogP contribution >= 0.6 is 15.9 Å². The molecule has 6 nitrogen and oxygen atoms in total. The second-order valence-electron chi connectivity index (χ2n) is 10.5.